The zero-order valence-electron chi connectivity index (χ0n) is 10.7. The average Bonchev–Trinajstić information content (AvgIpc) is 2.44. The predicted octanol–water partition coefficient (Wildman–Crippen LogP) is 4.73. The van der Waals surface area contributed by atoms with E-state index in [1.807, 2.05) is 0 Å². The van der Waals surface area contributed by atoms with Gasteiger partial charge in [0.1, 0.15) is 0 Å². The summed E-state index contributed by atoms with van der Waals surface area (Å²) in [7, 11) is 0. The van der Waals surface area contributed by atoms with Crippen LogP contribution in [0.5, 0.6) is 0 Å². The fourth-order valence-electron chi connectivity index (χ4n) is 2.43. The Morgan fingerprint density at radius 1 is 0.889 bits per heavy atom. The molecular formula is C17H17N. The van der Waals surface area contributed by atoms with Gasteiger partial charge in [0.15, 0.2) is 0 Å². The molecule has 0 saturated heterocycles. The fraction of sp³-hybridized carbons (Fsp3) is 0.235. The third-order valence-corrected chi connectivity index (χ3v) is 3.44. The van der Waals surface area contributed by atoms with Gasteiger partial charge in [0.25, 0.3) is 0 Å². The highest BCUT2D eigenvalue weighted by Crippen LogP contribution is 2.24. The topological polar surface area (TPSA) is 12.9 Å². The van der Waals surface area contributed by atoms with Crippen LogP contribution in [0.1, 0.15) is 25.5 Å². The molecule has 0 atom stereocenters. The lowest BCUT2D eigenvalue weighted by molar-refractivity contribution is 0.780. The Hall–Kier alpha value is -1.89. The quantitative estimate of drug-likeness (QED) is 0.598. The Bertz CT molecular complexity index is 685. The Labute approximate surface area is 107 Å². The number of hydrogen-bond donors (Lipinski definition) is 0. The van der Waals surface area contributed by atoms with Gasteiger partial charge in [-0.15, -0.1) is 0 Å². The molecule has 0 fully saturated rings. The molecule has 1 aromatic heterocycles. The summed E-state index contributed by atoms with van der Waals surface area (Å²) in [5.74, 6) is 0. The molecular weight excluding hydrogens is 218 g/mol. The summed E-state index contributed by atoms with van der Waals surface area (Å²) in [6, 6.07) is 17.2. The second kappa shape index (κ2) is 4.77. The van der Waals surface area contributed by atoms with E-state index in [9.17, 15) is 0 Å². The van der Waals surface area contributed by atoms with Crippen LogP contribution >= 0.6 is 0 Å². The number of hydrogen-bond acceptors (Lipinski definition) is 1. The summed E-state index contributed by atoms with van der Waals surface area (Å²) in [6.45, 7) is 2.22. The van der Waals surface area contributed by atoms with Crippen LogP contribution in [0.4, 0.5) is 0 Å². The number of rotatable bonds is 3. The smallest absolute Gasteiger partial charge is 0.0711 e. The number of aryl methyl sites for hydroxylation is 1. The monoisotopic (exact) mass is 235 g/mol. The minimum absolute atomic E-state index is 1.08. The van der Waals surface area contributed by atoms with E-state index in [0.29, 0.717) is 0 Å². The van der Waals surface area contributed by atoms with Crippen LogP contribution < -0.4 is 0 Å². The first-order chi connectivity index (χ1) is 8.88. The Morgan fingerprint density at radius 2 is 1.78 bits per heavy atom. The van der Waals surface area contributed by atoms with Crippen LogP contribution in [0.25, 0.3) is 21.7 Å². The van der Waals surface area contributed by atoms with E-state index in [2.05, 4.69) is 55.5 Å². The van der Waals surface area contributed by atoms with Crippen LogP contribution in [0.15, 0.2) is 48.5 Å². The van der Waals surface area contributed by atoms with E-state index in [4.69, 9.17) is 4.98 Å². The highest BCUT2D eigenvalue weighted by Gasteiger charge is 2.02. The molecule has 0 aliphatic carbocycles. The molecule has 1 heterocycles. The van der Waals surface area contributed by atoms with Crippen molar-refractivity contribution in [2.24, 2.45) is 0 Å². The lowest BCUT2D eigenvalue weighted by Crippen LogP contribution is -1.90. The van der Waals surface area contributed by atoms with E-state index in [-0.39, 0.29) is 0 Å². The van der Waals surface area contributed by atoms with E-state index in [1.165, 1.54) is 34.7 Å². The molecule has 90 valence electrons. The largest absolute Gasteiger partial charge is 0.253 e. The molecule has 0 bridgehead atoms. The minimum atomic E-state index is 1.08. The molecule has 1 nitrogen and oxygen atoms in total. The summed E-state index contributed by atoms with van der Waals surface area (Å²) in [6.07, 6.45) is 3.52. The summed E-state index contributed by atoms with van der Waals surface area (Å²) in [5, 5.41) is 3.84. The van der Waals surface area contributed by atoms with Crippen molar-refractivity contribution in [1.29, 1.82) is 0 Å². The van der Waals surface area contributed by atoms with E-state index < -0.39 is 0 Å². The van der Waals surface area contributed by atoms with Gasteiger partial charge < -0.3 is 0 Å². The molecule has 0 aliphatic heterocycles. The molecule has 3 aromatic rings. The van der Waals surface area contributed by atoms with E-state index >= 15 is 0 Å². The van der Waals surface area contributed by atoms with Gasteiger partial charge in [0, 0.05) is 11.1 Å². The van der Waals surface area contributed by atoms with Gasteiger partial charge in [-0.3, -0.25) is 4.98 Å². The molecule has 0 spiro atoms. The normalized spacial score (nSPS) is 11.2. The molecule has 0 N–H and O–H groups in total. The summed E-state index contributed by atoms with van der Waals surface area (Å²) in [5.41, 5.74) is 2.32. The molecule has 18 heavy (non-hydrogen) atoms. The van der Waals surface area contributed by atoms with Gasteiger partial charge in [-0.1, -0.05) is 49.7 Å². The van der Waals surface area contributed by atoms with Crippen LogP contribution in [0, 0.1) is 0 Å². The van der Waals surface area contributed by atoms with Gasteiger partial charge in [0.2, 0.25) is 0 Å². The first-order valence-electron chi connectivity index (χ1n) is 6.66. The van der Waals surface area contributed by atoms with Crippen LogP contribution in [-0.2, 0) is 6.42 Å². The lowest BCUT2D eigenvalue weighted by atomic mass is 10.0. The Morgan fingerprint density at radius 3 is 2.67 bits per heavy atom. The van der Waals surface area contributed by atoms with E-state index in [1.54, 1.807) is 0 Å². The van der Waals surface area contributed by atoms with Gasteiger partial charge >= 0.3 is 0 Å². The van der Waals surface area contributed by atoms with Crippen molar-refractivity contribution in [2.45, 2.75) is 26.2 Å². The third kappa shape index (κ3) is 1.97. The number of unbranched alkanes of at least 4 members (excludes halogenated alkanes) is 1. The second-order valence-corrected chi connectivity index (χ2v) is 4.76. The van der Waals surface area contributed by atoms with Crippen molar-refractivity contribution in [3.63, 3.8) is 0 Å². The van der Waals surface area contributed by atoms with Crippen molar-refractivity contribution in [3.8, 4) is 0 Å². The zero-order chi connectivity index (χ0) is 12.4. The fourth-order valence-corrected chi connectivity index (χ4v) is 2.43. The van der Waals surface area contributed by atoms with Crippen LogP contribution in [-0.4, -0.2) is 4.98 Å². The lowest BCUT2D eigenvalue weighted by Gasteiger charge is -2.05. The second-order valence-electron chi connectivity index (χ2n) is 4.76. The number of fused-ring (bicyclic) bond motifs is 3. The van der Waals surface area contributed by atoms with Crippen molar-refractivity contribution in [3.05, 3.63) is 54.2 Å². The highest BCUT2D eigenvalue weighted by molar-refractivity contribution is 6.05. The standard InChI is InChI=1S/C17H17N/c1-2-3-7-14-10-11-16-15-8-5-4-6-13(15)9-12-17(16)18-14/h4-6,8-12H,2-3,7H2,1H3. The molecule has 1 heteroatoms. The molecule has 0 unspecified atom stereocenters. The average molecular weight is 235 g/mol. The first-order valence-corrected chi connectivity index (χ1v) is 6.66. The molecule has 0 amide bonds. The maximum atomic E-state index is 4.76. The van der Waals surface area contributed by atoms with Crippen molar-refractivity contribution in [1.82, 2.24) is 4.98 Å². The minimum Gasteiger partial charge on any atom is -0.253 e. The maximum absolute atomic E-state index is 4.76. The molecule has 0 aliphatic rings. The van der Waals surface area contributed by atoms with Gasteiger partial charge in [-0.25, -0.2) is 0 Å². The van der Waals surface area contributed by atoms with Crippen LogP contribution in [0.3, 0.4) is 0 Å². The number of aromatic nitrogens is 1. The first kappa shape index (κ1) is 11.2. The van der Waals surface area contributed by atoms with Crippen molar-refractivity contribution >= 4 is 21.7 Å². The summed E-state index contributed by atoms with van der Waals surface area (Å²) < 4.78 is 0. The number of pyridine rings is 1. The third-order valence-electron chi connectivity index (χ3n) is 3.44. The molecule has 2 aromatic carbocycles. The Balaban J connectivity index is 2.15. The SMILES string of the molecule is CCCCc1ccc2c(ccc3ccccc32)n1. The van der Waals surface area contributed by atoms with Gasteiger partial charge in [0.05, 0.1) is 5.52 Å². The zero-order valence-corrected chi connectivity index (χ0v) is 10.7. The highest BCUT2D eigenvalue weighted by atomic mass is 14.7. The molecule has 0 saturated carbocycles. The number of nitrogens with zero attached hydrogens (tertiary/aromatic N) is 1. The summed E-state index contributed by atoms with van der Waals surface area (Å²) in [4.78, 5) is 4.76. The maximum Gasteiger partial charge on any atom is 0.0711 e. The Kier molecular flexibility index (Phi) is 2.97. The van der Waals surface area contributed by atoms with Crippen molar-refractivity contribution < 1.29 is 0 Å². The van der Waals surface area contributed by atoms with Crippen LogP contribution in [0.2, 0.25) is 0 Å². The number of benzene rings is 2. The molecule has 3 rings (SSSR count). The predicted molar refractivity (Wildman–Crippen MR) is 77.9 cm³/mol. The van der Waals surface area contributed by atoms with Gasteiger partial charge in [-0.2, -0.15) is 0 Å². The van der Waals surface area contributed by atoms with Crippen molar-refractivity contribution in [2.75, 3.05) is 0 Å². The van der Waals surface area contributed by atoms with Gasteiger partial charge in [-0.05, 0) is 35.7 Å². The summed E-state index contributed by atoms with van der Waals surface area (Å²) >= 11 is 0. The van der Waals surface area contributed by atoms with E-state index in [0.717, 1.165) is 11.9 Å². The molecule has 0 radical (unpaired) electrons.